The van der Waals surface area contributed by atoms with E-state index in [2.05, 4.69) is 15.0 Å². The summed E-state index contributed by atoms with van der Waals surface area (Å²) in [4.78, 5) is 27.0. The molecule has 2 fully saturated rings. The molecule has 1 atom stereocenters. The van der Waals surface area contributed by atoms with Crippen molar-refractivity contribution < 1.29 is 24.1 Å². The summed E-state index contributed by atoms with van der Waals surface area (Å²) in [5.41, 5.74) is 0.129. The third-order valence-electron chi connectivity index (χ3n) is 7.93. The average Bonchev–Trinajstić information content (AvgIpc) is 3.71. The normalized spacial score (nSPS) is 20.4. The van der Waals surface area contributed by atoms with Crippen molar-refractivity contribution in [3.8, 4) is 23.0 Å². The lowest BCUT2D eigenvalue weighted by Crippen LogP contribution is -2.46. The van der Waals surface area contributed by atoms with Gasteiger partial charge in [0.15, 0.2) is 5.82 Å². The van der Waals surface area contributed by atoms with Gasteiger partial charge in [-0.1, -0.05) is 25.1 Å². The number of aldehydes is 1. The topological polar surface area (TPSA) is 109 Å². The average molecular weight is 531 g/mol. The van der Waals surface area contributed by atoms with E-state index in [1.807, 2.05) is 30.0 Å². The van der Waals surface area contributed by atoms with Crippen LogP contribution in [0.15, 0.2) is 36.5 Å². The van der Waals surface area contributed by atoms with Crippen molar-refractivity contribution in [2.24, 2.45) is 5.41 Å². The third-order valence-corrected chi connectivity index (χ3v) is 7.93. The summed E-state index contributed by atoms with van der Waals surface area (Å²) in [6, 6.07) is 8.94. The van der Waals surface area contributed by atoms with E-state index in [0.717, 1.165) is 48.3 Å². The minimum absolute atomic E-state index is 0.0126. The molecular weight excluding hydrogens is 499 g/mol. The second-order valence-corrected chi connectivity index (χ2v) is 11.2. The molecule has 2 aliphatic rings. The van der Waals surface area contributed by atoms with Crippen molar-refractivity contribution in [1.29, 1.82) is 0 Å². The number of benzene rings is 2. The first-order valence-electron chi connectivity index (χ1n) is 13.4. The zero-order valence-electron chi connectivity index (χ0n) is 22.1. The molecule has 202 valence electrons. The molecule has 4 aromatic rings. The third kappa shape index (κ3) is 4.65. The molecule has 2 N–H and O–H groups in total. The van der Waals surface area contributed by atoms with Crippen LogP contribution in [0.2, 0.25) is 0 Å². The summed E-state index contributed by atoms with van der Waals surface area (Å²) in [6.07, 6.45) is 6.04. The van der Waals surface area contributed by atoms with E-state index in [-0.39, 0.29) is 29.6 Å². The number of hydrogen-bond acceptors (Lipinski definition) is 8. The van der Waals surface area contributed by atoms with Crippen molar-refractivity contribution >= 4 is 33.8 Å². The zero-order valence-corrected chi connectivity index (χ0v) is 22.1. The Hall–Kier alpha value is -3.85. The molecule has 1 aliphatic carbocycles. The summed E-state index contributed by atoms with van der Waals surface area (Å²) >= 11 is 0. The van der Waals surface area contributed by atoms with E-state index >= 15 is 4.39 Å². The summed E-state index contributed by atoms with van der Waals surface area (Å²) in [5, 5.41) is 23.2. The van der Waals surface area contributed by atoms with Crippen LogP contribution in [0.4, 0.5) is 10.2 Å². The van der Waals surface area contributed by atoms with E-state index in [9.17, 15) is 15.0 Å². The number of pyridine rings is 1. The van der Waals surface area contributed by atoms with Gasteiger partial charge in [-0.05, 0) is 67.5 Å². The van der Waals surface area contributed by atoms with Gasteiger partial charge in [0.2, 0.25) is 0 Å². The van der Waals surface area contributed by atoms with Gasteiger partial charge < -0.3 is 24.6 Å². The molecule has 3 heterocycles. The van der Waals surface area contributed by atoms with Gasteiger partial charge in [0.25, 0.3) is 0 Å². The number of carbonyl (C=O) groups excluding carboxylic acids is 1. The number of piperidine rings is 1. The van der Waals surface area contributed by atoms with Gasteiger partial charge in [0, 0.05) is 24.8 Å². The summed E-state index contributed by atoms with van der Waals surface area (Å²) < 4.78 is 22.3. The fourth-order valence-electron chi connectivity index (χ4n) is 5.55. The Morgan fingerprint density at radius 1 is 1.21 bits per heavy atom. The second-order valence-electron chi connectivity index (χ2n) is 11.2. The number of carbonyl (C=O) groups is 1. The monoisotopic (exact) mass is 530 g/mol. The van der Waals surface area contributed by atoms with E-state index in [1.165, 1.54) is 6.07 Å². The maximum Gasteiger partial charge on any atom is 0.319 e. The van der Waals surface area contributed by atoms with Crippen LogP contribution in [0, 0.1) is 11.2 Å². The Balaban J connectivity index is 1.54. The van der Waals surface area contributed by atoms with E-state index in [4.69, 9.17) is 4.74 Å². The van der Waals surface area contributed by atoms with Gasteiger partial charge in [0.1, 0.15) is 35.7 Å². The molecule has 8 nitrogen and oxygen atoms in total. The molecule has 39 heavy (non-hydrogen) atoms. The van der Waals surface area contributed by atoms with Crippen LogP contribution < -0.4 is 9.64 Å². The lowest BCUT2D eigenvalue weighted by Gasteiger charge is -2.37. The first-order chi connectivity index (χ1) is 18.7. The molecule has 0 bridgehead atoms. The van der Waals surface area contributed by atoms with Crippen LogP contribution in [-0.2, 0) is 11.2 Å². The number of nitrogens with zero attached hydrogens (tertiary/aromatic N) is 4. The van der Waals surface area contributed by atoms with E-state index in [0.29, 0.717) is 36.3 Å². The number of β-amino-alcohol motifs (C(OH)–C–C–N with tert-alkyl or cyclic N) is 1. The predicted octanol–water partition coefficient (Wildman–Crippen LogP) is 4.96. The molecule has 0 radical (unpaired) electrons. The molecule has 0 unspecified atom stereocenters. The number of hydrogen-bond donors (Lipinski definition) is 2. The predicted molar refractivity (Wildman–Crippen MR) is 147 cm³/mol. The van der Waals surface area contributed by atoms with Gasteiger partial charge in [-0.3, -0.25) is 4.98 Å². The number of ether oxygens (including phenoxy) is 1. The van der Waals surface area contributed by atoms with E-state index in [1.54, 1.807) is 19.2 Å². The number of rotatable bonds is 7. The zero-order chi connectivity index (χ0) is 27.4. The fourth-order valence-corrected chi connectivity index (χ4v) is 5.55. The Morgan fingerprint density at radius 2 is 2.03 bits per heavy atom. The van der Waals surface area contributed by atoms with Crippen molar-refractivity contribution in [2.45, 2.75) is 51.6 Å². The van der Waals surface area contributed by atoms with Crippen molar-refractivity contribution in [2.75, 3.05) is 24.6 Å². The molecule has 1 saturated heterocycles. The smallest absolute Gasteiger partial charge is 0.319 e. The minimum atomic E-state index is -0.922. The molecule has 0 amide bonds. The van der Waals surface area contributed by atoms with Crippen molar-refractivity contribution in [3.63, 3.8) is 0 Å². The number of halogens is 1. The Morgan fingerprint density at radius 3 is 2.74 bits per heavy atom. The Bertz CT molecular complexity index is 1600. The van der Waals surface area contributed by atoms with E-state index < -0.39 is 16.8 Å². The van der Waals surface area contributed by atoms with Crippen LogP contribution in [0.5, 0.6) is 11.8 Å². The Labute approximate surface area is 225 Å². The number of aromatic nitrogens is 3. The number of phenolic OH excluding ortho intramolecular Hbond substituents is 1. The number of anilines is 1. The quantitative estimate of drug-likeness (QED) is 0.323. The standard InChI is InChI=1S/C30H31FN4O4/c1-3-18-6-4-7-19-12-20(37)13-21(23(18)19)25-24(31)26-22(14-32-25)27(35-11-5-8-29(2,38)15-35)34-28(33-26)39-17-30(16-36)9-10-30/h4,6-7,12-14,16,37-38H,3,5,8-11,15,17H2,1-2H3/t29-/m1/s1. The number of aryl methyl sites for hydroxylation is 1. The van der Waals surface area contributed by atoms with Crippen LogP contribution in [0.1, 0.15) is 45.1 Å². The number of aromatic hydroxyl groups is 1. The van der Waals surface area contributed by atoms with Crippen LogP contribution in [-0.4, -0.2) is 56.7 Å². The molecule has 1 aliphatic heterocycles. The molecule has 6 rings (SSSR count). The minimum Gasteiger partial charge on any atom is -0.508 e. The molecule has 2 aromatic heterocycles. The van der Waals surface area contributed by atoms with Crippen LogP contribution >= 0.6 is 0 Å². The largest absolute Gasteiger partial charge is 0.508 e. The summed E-state index contributed by atoms with van der Waals surface area (Å²) in [6.45, 7) is 4.86. The molecular formula is C30H31FN4O4. The fraction of sp³-hybridized carbons (Fsp3) is 0.400. The van der Waals surface area contributed by atoms with Gasteiger partial charge >= 0.3 is 6.01 Å². The maximum atomic E-state index is 16.5. The highest BCUT2D eigenvalue weighted by atomic mass is 19.1. The SMILES string of the molecule is CCc1cccc2cc(O)cc(-c3ncc4c(N5CCC[C@@](C)(O)C5)nc(OCC5(C=O)CC5)nc4c3F)c12. The number of fused-ring (bicyclic) bond motifs is 2. The highest BCUT2D eigenvalue weighted by Gasteiger charge is 2.44. The first-order valence-corrected chi connectivity index (χ1v) is 13.4. The lowest BCUT2D eigenvalue weighted by molar-refractivity contribution is -0.113. The molecule has 1 saturated carbocycles. The molecule has 0 spiro atoms. The first kappa shape index (κ1) is 25.4. The second kappa shape index (κ2) is 9.41. The van der Waals surface area contributed by atoms with Gasteiger partial charge in [-0.2, -0.15) is 9.97 Å². The highest BCUT2D eigenvalue weighted by molar-refractivity contribution is 6.01. The van der Waals surface area contributed by atoms with Crippen molar-refractivity contribution in [1.82, 2.24) is 15.0 Å². The number of phenols is 1. The maximum absolute atomic E-state index is 16.5. The van der Waals surface area contributed by atoms with Crippen molar-refractivity contribution in [3.05, 3.63) is 47.9 Å². The van der Waals surface area contributed by atoms with Crippen LogP contribution in [0.3, 0.4) is 0 Å². The Kier molecular flexibility index (Phi) is 6.14. The molecule has 2 aromatic carbocycles. The lowest BCUT2D eigenvalue weighted by atomic mass is 9.94. The summed E-state index contributed by atoms with van der Waals surface area (Å²) in [5.74, 6) is -0.212. The van der Waals surface area contributed by atoms with Gasteiger partial charge in [-0.25, -0.2) is 4.39 Å². The summed E-state index contributed by atoms with van der Waals surface area (Å²) in [7, 11) is 0. The van der Waals surface area contributed by atoms with Gasteiger partial charge in [-0.15, -0.1) is 0 Å². The van der Waals surface area contributed by atoms with Crippen LogP contribution in [0.25, 0.3) is 32.9 Å². The van der Waals surface area contributed by atoms with Gasteiger partial charge in [0.05, 0.1) is 16.4 Å². The number of aliphatic hydroxyl groups is 1. The highest BCUT2D eigenvalue weighted by Crippen LogP contribution is 2.44. The molecule has 9 heteroatoms.